The minimum absolute atomic E-state index is 0.0566. The largest absolute Gasteiger partial charge is 0.493 e. The lowest BCUT2D eigenvalue weighted by atomic mass is 10.1. The van der Waals surface area contributed by atoms with Crippen LogP contribution in [0.3, 0.4) is 0 Å². The Bertz CT molecular complexity index is 632. The second kappa shape index (κ2) is 10.1. The number of ether oxygens (including phenoxy) is 3. The molecule has 10 nitrogen and oxygen atoms in total. The quantitative estimate of drug-likeness (QED) is 0.258. The summed E-state index contributed by atoms with van der Waals surface area (Å²) in [7, 11) is 2.63. The monoisotopic (exact) mass is 356 g/mol. The SMILES string of the molecule is COC(=O)CNCc1cc(OC)c(OCCCC(=O)O)cc1[N+](=O)[O-]. The first-order valence-corrected chi connectivity index (χ1v) is 7.36. The minimum atomic E-state index is -0.950. The van der Waals surface area contributed by atoms with Crippen molar-refractivity contribution < 1.29 is 33.8 Å². The van der Waals surface area contributed by atoms with Crippen molar-refractivity contribution in [2.45, 2.75) is 19.4 Å². The van der Waals surface area contributed by atoms with Gasteiger partial charge in [0.05, 0.1) is 38.4 Å². The van der Waals surface area contributed by atoms with Crippen LogP contribution in [0.25, 0.3) is 0 Å². The molecule has 1 rings (SSSR count). The Morgan fingerprint density at radius 1 is 1.28 bits per heavy atom. The summed E-state index contributed by atoms with van der Waals surface area (Å²) >= 11 is 0. The highest BCUT2D eigenvalue weighted by Gasteiger charge is 2.20. The molecule has 0 radical (unpaired) electrons. The topological polar surface area (TPSA) is 137 Å². The molecular formula is C15H20N2O8. The molecule has 0 saturated carbocycles. The molecule has 0 bridgehead atoms. The molecular weight excluding hydrogens is 336 g/mol. The number of methoxy groups -OCH3 is 2. The molecule has 0 aliphatic rings. The highest BCUT2D eigenvalue weighted by molar-refractivity contribution is 5.71. The summed E-state index contributed by atoms with van der Waals surface area (Å²) in [6, 6.07) is 2.66. The number of nitrogens with zero attached hydrogens (tertiary/aromatic N) is 1. The number of carboxylic acids is 1. The zero-order chi connectivity index (χ0) is 18.8. The molecule has 1 aromatic carbocycles. The van der Waals surface area contributed by atoms with Crippen molar-refractivity contribution in [3.05, 3.63) is 27.8 Å². The number of hydrogen-bond donors (Lipinski definition) is 2. The molecule has 1 aromatic rings. The first-order valence-electron chi connectivity index (χ1n) is 7.36. The lowest BCUT2D eigenvalue weighted by molar-refractivity contribution is -0.385. The maximum atomic E-state index is 11.3. The lowest BCUT2D eigenvalue weighted by Crippen LogP contribution is -2.23. The summed E-state index contributed by atoms with van der Waals surface area (Å²) in [6.07, 6.45) is 0.189. The Morgan fingerprint density at radius 3 is 2.56 bits per heavy atom. The van der Waals surface area contributed by atoms with Crippen molar-refractivity contribution in [3.63, 3.8) is 0 Å². The fourth-order valence-electron chi connectivity index (χ4n) is 1.95. The number of benzene rings is 1. The van der Waals surface area contributed by atoms with Crippen LogP contribution in [0, 0.1) is 10.1 Å². The third-order valence-corrected chi connectivity index (χ3v) is 3.17. The normalized spacial score (nSPS) is 10.2. The van der Waals surface area contributed by atoms with Crippen LogP contribution in [0.4, 0.5) is 5.69 Å². The highest BCUT2D eigenvalue weighted by atomic mass is 16.6. The molecule has 0 atom stereocenters. The number of carboxylic acid groups (broad SMARTS) is 1. The van der Waals surface area contributed by atoms with Gasteiger partial charge in [0, 0.05) is 18.5 Å². The summed E-state index contributed by atoms with van der Waals surface area (Å²) < 4.78 is 15.0. The molecule has 10 heteroatoms. The van der Waals surface area contributed by atoms with E-state index in [4.69, 9.17) is 14.6 Å². The van der Waals surface area contributed by atoms with Gasteiger partial charge in [0.1, 0.15) is 0 Å². The Kier molecular flexibility index (Phi) is 8.13. The van der Waals surface area contributed by atoms with E-state index in [9.17, 15) is 19.7 Å². The van der Waals surface area contributed by atoms with Gasteiger partial charge >= 0.3 is 11.9 Å². The van der Waals surface area contributed by atoms with Crippen LogP contribution in [0.2, 0.25) is 0 Å². The van der Waals surface area contributed by atoms with E-state index >= 15 is 0 Å². The standard InChI is InChI=1S/C15H20N2O8/c1-23-12-6-10(8-16-9-15(20)24-2)11(17(21)22)7-13(12)25-5-3-4-14(18)19/h6-7,16H,3-5,8-9H2,1-2H3,(H,18,19). The van der Waals surface area contributed by atoms with E-state index in [2.05, 4.69) is 10.1 Å². The predicted molar refractivity (Wildman–Crippen MR) is 85.7 cm³/mol. The van der Waals surface area contributed by atoms with Crippen molar-refractivity contribution in [3.8, 4) is 11.5 Å². The maximum absolute atomic E-state index is 11.3. The van der Waals surface area contributed by atoms with Gasteiger partial charge in [-0.1, -0.05) is 0 Å². The fraction of sp³-hybridized carbons (Fsp3) is 0.467. The molecule has 0 spiro atoms. The van der Waals surface area contributed by atoms with Gasteiger partial charge in [0.15, 0.2) is 11.5 Å². The van der Waals surface area contributed by atoms with Crippen LogP contribution in [-0.4, -0.2) is 49.3 Å². The van der Waals surface area contributed by atoms with E-state index in [1.807, 2.05) is 0 Å². The van der Waals surface area contributed by atoms with Crippen molar-refractivity contribution in [2.75, 3.05) is 27.4 Å². The summed E-state index contributed by atoms with van der Waals surface area (Å²) in [5, 5.41) is 22.6. The number of aliphatic carboxylic acids is 1. The number of carbonyl (C=O) groups excluding carboxylic acids is 1. The molecule has 0 aromatic heterocycles. The highest BCUT2D eigenvalue weighted by Crippen LogP contribution is 2.34. The molecule has 0 saturated heterocycles. The zero-order valence-electron chi connectivity index (χ0n) is 13.9. The van der Waals surface area contributed by atoms with E-state index < -0.39 is 16.9 Å². The van der Waals surface area contributed by atoms with E-state index in [1.165, 1.54) is 26.4 Å². The second-order valence-corrected chi connectivity index (χ2v) is 4.91. The lowest BCUT2D eigenvalue weighted by Gasteiger charge is -2.13. The zero-order valence-corrected chi connectivity index (χ0v) is 13.9. The van der Waals surface area contributed by atoms with Crippen molar-refractivity contribution in [2.24, 2.45) is 0 Å². The van der Waals surface area contributed by atoms with Crippen molar-refractivity contribution in [1.82, 2.24) is 5.32 Å². The summed E-state index contributed by atoms with van der Waals surface area (Å²) in [4.78, 5) is 32.3. The number of esters is 1. The Hall–Kier alpha value is -2.88. The molecule has 0 fully saturated rings. The molecule has 2 N–H and O–H groups in total. The molecule has 0 aliphatic carbocycles. The van der Waals surface area contributed by atoms with Gasteiger partial charge in [0.2, 0.25) is 0 Å². The molecule has 0 heterocycles. The predicted octanol–water partition coefficient (Wildman–Crippen LogP) is 1.11. The number of nitro groups is 1. The first-order chi connectivity index (χ1) is 11.9. The summed E-state index contributed by atoms with van der Waals surface area (Å²) in [5.74, 6) is -1.02. The molecule has 0 aliphatic heterocycles. The van der Waals surface area contributed by atoms with Gasteiger partial charge < -0.3 is 24.6 Å². The van der Waals surface area contributed by atoms with E-state index in [1.54, 1.807) is 0 Å². The summed E-state index contributed by atoms with van der Waals surface area (Å²) in [6.45, 7) is 0.0459. The van der Waals surface area contributed by atoms with Gasteiger partial charge in [-0.3, -0.25) is 19.7 Å². The number of rotatable bonds is 11. The van der Waals surface area contributed by atoms with Crippen LogP contribution >= 0.6 is 0 Å². The second-order valence-electron chi connectivity index (χ2n) is 4.91. The average Bonchev–Trinajstić information content (AvgIpc) is 2.58. The van der Waals surface area contributed by atoms with Gasteiger partial charge in [-0.25, -0.2) is 0 Å². The van der Waals surface area contributed by atoms with E-state index in [0.29, 0.717) is 5.56 Å². The third-order valence-electron chi connectivity index (χ3n) is 3.17. The Morgan fingerprint density at radius 2 is 2.00 bits per heavy atom. The molecule has 0 unspecified atom stereocenters. The average molecular weight is 356 g/mol. The number of nitrogens with one attached hydrogen (secondary N) is 1. The number of nitro benzene ring substituents is 1. The Balaban J connectivity index is 2.89. The van der Waals surface area contributed by atoms with Crippen LogP contribution < -0.4 is 14.8 Å². The van der Waals surface area contributed by atoms with Gasteiger partial charge in [0.25, 0.3) is 5.69 Å². The molecule has 25 heavy (non-hydrogen) atoms. The van der Waals surface area contributed by atoms with E-state index in [-0.39, 0.29) is 49.7 Å². The van der Waals surface area contributed by atoms with Crippen molar-refractivity contribution in [1.29, 1.82) is 0 Å². The van der Waals surface area contributed by atoms with Crippen LogP contribution in [0.5, 0.6) is 11.5 Å². The summed E-state index contributed by atoms with van der Waals surface area (Å²) in [5.41, 5.74) is 0.107. The fourth-order valence-corrected chi connectivity index (χ4v) is 1.95. The third kappa shape index (κ3) is 6.63. The van der Waals surface area contributed by atoms with Gasteiger partial charge in [-0.05, 0) is 12.5 Å². The Labute approximate surface area is 143 Å². The maximum Gasteiger partial charge on any atom is 0.319 e. The van der Waals surface area contributed by atoms with Crippen LogP contribution in [-0.2, 0) is 20.9 Å². The van der Waals surface area contributed by atoms with Crippen LogP contribution in [0.1, 0.15) is 18.4 Å². The van der Waals surface area contributed by atoms with E-state index in [0.717, 1.165) is 0 Å². The number of carbonyl (C=O) groups is 2. The molecule has 0 amide bonds. The smallest absolute Gasteiger partial charge is 0.319 e. The van der Waals surface area contributed by atoms with Gasteiger partial charge in [-0.15, -0.1) is 0 Å². The van der Waals surface area contributed by atoms with Gasteiger partial charge in [-0.2, -0.15) is 0 Å². The number of hydrogen-bond acceptors (Lipinski definition) is 8. The first kappa shape index (κ1) is 20.2. The molecule has 138 valence electrons. The van der Waals surface area contributed by atoms with Crippen LogP contribution in [0.15, 0.2) is 12.1 Å². The minimum Gasteiger partial charge on any atom is -0.493 e. The van der Waals surface area contributed by atoms with Crippen molar-refractivity contribution >= 4 is 17.6 Å².